The maximum atomic E-state index is 15.1. The van der Waals surface area contributed by atoms with Crippen molar-refractivity contribution in [2.75, 3.05) is 24.6 Å². The van der Waals surface area contributed by atoms with Gasteiger partial charge in [0.25, 0.3) is 0 Å². The first-order valence-corrected chi connectivity index (χ1v) is 10.5. The molecule has 30 heavy (non-hydrogen) atoms. The largest absolute Gasteiger partial charge is 0.466 e. The molecular weight excluding hydrogens is 413 g/mol. The van der Waals surface area contributed by atoms with Crippen LogP contribution < -0.4 is 16.1 Å². The summed E-state index contributed by atoms with van der Waals surface area (Å²) in [6, 6.07) is 1.14. The number of benzene rings is 1. The summed E-state index contributed by atoms with van der Waals surface area (Å²) in [5, 5.41) is 0.179. The van der Waals surface area contributed by atoms with E-state index in [1.165, 1.54) is 6.20 Å². The van der Waals surface area contributed by atoms with Crippen LogP contribution in [0.5, 0.6) is 0 Å². The minimum atomic E-state index is -0.704. The standard InChI is InChI=1S/C21H23ClFN3O4/c1-2-30-17(28)8-16(27)14-10-26(12-3-4-12)19-13(21(14)29)7-15(23)20(18(19)22)25-6-5-11(24)9-25/h7,10-12H,2-6,8-9,24H2,1H3/t11-/m0/s1. The smallest absolute Gasteiger partial charge is 0.313 e. The van der Waals surface area contributed by atoms with Crippen LogP contribution in [0.15, 0.2) is 17.1 Å². The number of hydrogen-bond donors (Lipinski definition) is 1. The molecule has 160 valence electrons. The van der Waals surface area contributed by atoms with E-state index in [-0.39, 0.29) is 40.4 Å². The quantitative estimate of drug-likeness (QED) is 0.426. The molecule has 1 saturated heterocycles. The van der Waals surface area contributed by atoms with Gasteiger partial charge in [0.2, 0.25) is 0 Å². The molecule has 2 aliphatic rings. The first kappa shape index (κ1) is 20.8. The Hall–Kier alpha value is -2.45. The molecule has 7 nitrogen and oxygen atoms in total. The first-order valence-electron chi connectivity index (χ1n) is 10.1. The molecule has 0 unspecified atom stereocenters. The summed E-state index contributed by atoms with van der Waals surface area (Å²) in [5.41, 5.74) is 5.81. The van der Waals surface area contributed by atoms with Gasteiger partial charge in [0.1, 0.15) is 12.2 Å². The average molecular weight is 436 g/mol. The molecule has 0 amide bonds. The molecule has 1 aliphatic heterocycles. The van der Waals surface area contributed by atoms with Crippen molar-refractivity contribution >= 4 is 39.9 Å². The molecule has 4 rings (SSSR count). The lowest BCUT2D eigenvalue weighted by molar-refractivity contribution is -0.141. The van der Waals surface area contributed by atoms with Crippen LogP contribution in [-0.4, -0.2) is 42.1 Å². The van der Waals surface area contributed by atoms with Crippen molar-refractivity contribution < 1.29 is 18.7 Å². The third kappa shape index (κ3) is 3.70. The highest BCUT2D eigenvalue weighted by Gasteiger charge is 2.32. The molecule has 0 spiro atoms. The van der Waals surface area contributed by atoms with E-state index < -0.39 is 29.4 Å². The van der Waals surface area contributed by atoms with E-state index in [0.29, 0.717) is 18.6 Å². The number of anilines is 1. The zero-order valence-corrected chi connectivity index (χ0v) is 17.4. The number of halogens is 2. The third-order valence-electron chi connectivity index (χ3n) is 5.58. The number of carbonyl (C=O) groups excluding carboxylic acids is 2. The first-order chi connectivity index (χ1) is 14.3. The van der Waals surface area contributed by atoms with Gasteiger partial charge in [-0.3, -0.25) is 14.4 Å². The lowest BCUT2D eigenvalue weighted by Gasteiger charge is -2.23. The number of nitrogens with two attached hydrogens (primary N) is 1. The van der Waals surface area contributed by atoms with Crippen LogP contribution in [0.2, 0.25) is 5.02 Å². The van der Waals surface area contributed by atoms with E-state index in [9.17, 15) is 14.4 Å². The van der Waals surface area contributed by atoms with Crippen LogP contribution in [0.4, 0.5) is 10.1 Å². The van der Waals surface area contributed by atoms with Gasteiger partial charge in [-0.1, -0.05) is 11.6 Å². The average Bonchev–Trinajstić information content (AvgIpc) is 3.44. The van der Waals surface area contributed by atoms with Gasteiger partial charge >= 0.3 is 5.97 Å². The van der Waals surface area contributed by atoms with Crippen LogP contribution in [0.1, 0.15) is 49.0 Å². The predicted octanol–water partition coefficient (Wildman–Crippen LogP) is 2.80. The third-order valence-corrected chi connectivity index (χ3v) is 5.93. The van der Waals surface area contributed by atoms with Crippen molar-refractivity contribution in [3.05, 3.63) is 38.9 Å². The lowest BCUT2D eigenvalue weighted by Crippen LogP contribution is -2.28. The molecular formula is C21H23ClFN3O4. The Labute approximate surface area is 177 Å². The van der Waals surface area contributed by atoms with E-state index >= 15 is 4.39 Å². The molecule has 0 radical (unpaired) electrons. The van der Waals surface area contributed by atoms with Crippen molar-refractivity contribution in [2.45, 2.75) is 44.7 Å². The van der Waals surface area contributed by atoms with Gasteiger partial charge in [0.05, 0.1) is 33.8 Å². The van der Waals surface area contributed by atoms with E-state index in [1.807, 2.05) is 0 Å². The minimum absolute atomic E-state index is 0.0337. The second kappa shape index (κ2) is 8.00. The van der Waals surface area contributed by atoms with Crippen LogP contribution in [-0.2, 0) is 9.53 Å². The molecule has 1 atom stereocenters. The topological polar surface area (TPSA) is 94.6 Å². The van der Waals surface area contributed by atoms with E-state index in [0.717, 1.165) is 25.3 Å². The normalized spacial score (nSPS) is 18.8. The van der Waals surface area contributed by atoms with E-state index in [4.69, 9.17) is 22.1 Å². The number of Topliss-reactive ketones (excluding diaryl/α,β-unsaturated/α-hetero) is 1. The number of hydrogen-bond acceptors (Lipinski definition) is 6. The Bertz CT molecular complexity index is 1100. The van der Waals surface area contributed by atoms with Gasteiger partial charge in [-0.2, -0.15) is 0 Å². The Morgan fingerprint density at radius 2 is 2.07 bits per heavy atom. The van der Waals surface area contributed by atoms with Gasteiger partial charge in [-0.15, -0.1) is 0 Å². The molecule has 2 aromatic rings. The molecule has 2 fully saturated rings. The van der Waals surface area contributed by atoms with Crippen LogP contribution in [0.3, 0.4) is 0 Å². The number of aromatic nitrogens is 1. The molecule has 1 saturated carbocycles. The number of rotatable bonds is 6. The van der Waals surface area contributed by atoms with Crippen LogP contribution in [0, 0.1) is 5.82 Å². The van der Waals surface area contributed by atoms with Gasteiger partial charge < -0.3 is 19.9 Å². The summed E-state index contributed by atoms with van der Waals surface area (Å²) in [4.78, 5) is 39.2. The highest BCUT2D eigenvalue weighted by atomic mass is 35.5. The van der Waals surface area contributed by atoms with Crippen LogP contribution >= 0.6 is 11.6 Å². The minimum Gasteiger partial charge on any atom is -0.466 e. The number of esters is 1. The van der Waals surface area contributed by atoms with Crippen molar-refractivity contribution in [3.8, 4) is 0 Å². The fraction of sp³-hybridized carbons (Fsp3) is 0.476. The van der Waals surface area contributed by atoms with Gasteiger partial charge in [0.15, 0.2) is 11.2 Å². The van der Waals surface area contributed by atoms with Gasteiger partial charge in [-0.05, 0) is 32.3 Å². The number of pyridine rings is 1. The zero-order valence-electron chi connectivity index (χ0n) is 16.6. The molecule has 1 aromatic carbocycles. The highest BCUT2D eigenvalue weighted by molar-refractivity contribution is 6.38. The van der Waals surface area contributed by atoms with Crippen LogP contribution in [0.25, 0.3) is 10.9 Å². The van der Waals surface area contributed by atoms with Crippen molar-refractivity contribution in [2.24, 2.45) is 5.73 Å². The Morgan fingerprint density at radius 3 is 2.67 bits per heavy atom. The summed E-state index contributed by atoms with van der Waals surface area (Å²) in [5.74, 6) is -1.98. The Morgan fingerprint density at radius 1 is 1.33 bits per heavy atom. The fourth-order valence-corrected chi connectivity index (χ4v) is 4.40. The number of carbonyl (C=O) groups is 2. The van der Waals surface area contributed by atoms with Gasteiger partial charge in [0, 0.05) is 31.4 Å². The summed E-state index contributed by atoms with van der Waals surface area (Å²) >= 11 is 6.64. The number of ketones is 1. The number of nitrogens with zero attached hydrogens (tertiary/aromatic N) is 2. The highest BCUT2D eigenvalue weighted by Crippen LogP contribution is 2.42. The predicted molar refractivity (Wildman–Crippen MR) is 112 cm³/mol. The maximum absolute atomic E-state index is 15.1. The number of ether oxygens (including phenoxy) is 1. The lowest BCUT2D eigenvalue weighted by atomic mass is 10.0. The summed E-state index contributed by atoms with van der Waals surface area (Å²) in [6.45, 7) is 2.83. The van der Waals surface area contributed by atoms with Gasteiger partial charge in [-0.25, -0.2) is 4.39 Å². The summed E-state index contributed by atoms with van der Waals surface area (Å²) in [7, 11) is 0. The molecule has 2 N–H and O–H groups in total. The number of fused-ring (bicyclic) bond motifs is 1. The summed E-state index contributed by atoms with van der Waals surface area (Å²) < 4.78 is 21.6. The van der Waals surface area contributed by atoms with E-state index in [2.05, 4.69) is 0 Å². The monoisotopic (exact) mass is 435 g/mol. The second-order valence-corrected chi connectivity index (χ2v) is 8.21. The summed E-state index contributed by atoms with van der Waals surface area (Å²) in [6.07, 6.45) is 3.36. The zero-order chi connectivity index (χ0) is 21.6. The molecule has 9 heteroatoms. The second-order valence-electron chi connectivity index (χ2n) is 7.83. The Kier molecular flexibility index (Phi) is 5.55. The fourth-order valence-electron chi connectivity index (χ4n) is 3.99. The Balaban J connectivity index is 1.87. The molecule has 1 aliphatic carbocycles. The van der Waals surface area contributed by atoms with Crippen molar-refractivity contribution in [1.82, 2.24) is 4.57 Å². The molecule has 0 bridgehead atoms. The molecule has 1 aromatic heterocycles. The van der Waals surface area contributed by atoms with Crippen molar-refractivity contribution in [1.29, 1.82) is 0 Å². The van der Waals surface area contributed by atoms with Crippen molar-refractivity contribution in [3.63, 3.8) is 0 Å². The molecule has 2 heterocycles. The SMILES string of the molecule is CCOC(=O)CC(=O)c1cn(C2CC2)c2c(Cl)c(N3CC[C@H](N)C3)c(F)cc2c1=O. The maximum Gasteiger partial charge on any atom is 0.313 e. The van der Waals surface area contributed by atoms with E-state index in [1.54, 1.807) is 16.4 Å².